The Hall–Kier alpha value is -0.120. The van der Waals surface area contributed by atoms with Gasteiger partial charge in [0.15, 0.2) is 0 Å². The fourth-order valence-corrected chi connectivity index (χ4v) is 2.99. The van der Waals surface area contributed by atoms with Gasteiger partial charge in [-0.15, -0.1) is 0 Å². The predicted octanol–water partition coefficient (Wildman–Crippen LogP) is 1.68. The molecule has 2 N–H and O–H groups in total. The van der Waals surface area contributed by atoms with Gasteiger partial charge < -0.3 is 15.4 Å². The lowest BCUT2D eigenvalue weighted by Gasteiger charge is -2.31. The van der Waals surface area contributed by atoms with Crippen LogP contribution < -0.4 is 10.6 Å². The van der Waals surface area contributed by atoms with Crippen molar-refractivity contribution in [2.24, 2.45) is 0 Å². The summed E-state index contributed by atoms with van der Waals surface area (Å²) in [5.74, 6) is 0. The normalized spacial score (nSPS) is 39.4. The maximum atomic E-state index is 5.79. The van der Waals surface area contributed by atoms with Crippen molar-refractivity contribution >= 4 is 0 Å². The summed E-state index contributed by atoms with van der Waals surface area (Å²) in [6, 6.07) is 0. The maximum Gasteiger partial charge on any atom is 0.0779 e. The molecule has 0 aromatic heterocycles. The summed E-state index contributed by atoms with van der Waals surface area (Å²) in [6.45, 7) is 8.72. The fourth-order valence-electron chi connectivity index (χ4n) is 2.99. The molecule has 3 heteroatoms. The molecule has 2 rings (SSSR count). The van der Waals surface area contributed by atoms with Gasteiger partial charge in [-0.1, -0.05) is 6.92 Å². The Morgan fingerprint density at radius 1 is 1.25 bits per heavy atom. The summed E-state index contributed by atoms with van der Waals surface area (Å²) in [6.07, 6.45) is 6.27. The number of ether oxygens (including phenoxy) is 1. The smallest absolute Gasteiger partial charge is 0.0779 e. The molecular weight excluding hydrogens is 200 g/mol. The first-order chi connectivity index (χ1) is 7.68. The number of nitrogens with one attached hydrogen (secondary N) is 2. The SMILES string of the molecule is CCC1(CNCC2(C)CCCO2)CCCN1. The molecular formula is C13H26N2O. The minimum atomic E-state index is 0.0908. The van der Waals surface area contributed by atoms with E-state index in [-0.39, 0.29) is 5.60 Å². The third-order valence-electron chi connectivity index (χ3n) is 4.27. The number of rotatable bonds is 5. The van der Waals surface area contributed by atoms with E-state index in [0.29, 0.717) is 5.54 Å². The summed E-state index contributed by atoms with van der Waals surface area (Å²) in [4.78, 5) is 0. The molecule has 2 fully saturated rings. The molecule has 16 heavy (non-hydrogen) atoms. The minimum absolute atomic E-state index is 0.0908. The van der Waals surface area contributed by atoms with Gasteiger partial charge in [0.05, 0.1) is 5.60 Å². The van der Waals surface area contributed by atoms with E-state index in [0.717, 1.165) is 19.7 Å². The van der Waals surface area contributed by atoms with Gasteiger partial charge in [-0.05, 0) is 45.6 Å². The molecule has 0 amide bonds. The van der Waals surface area contributed by atoms with Crippen molar-refractivity contribution in [2.75, 3.05) is 26.2 Å². The van der Waals surface area contributed by atoms with Crippen LogP contribution in [0.2, 0.25) is 0 Å². The Morgan fingerprint density at radius 3 is 2.69 bits per heavy atom. The lowest BCUT2D eigenvalue weighted by Crippen LogP contribution is -2.50. The molecule has 3 nitrogen and oxygen atoms in total. The number of hydrogen-bond acceptors (Lipinski definition) is 3. The van der Waals surface area contributed by atoms with E-state index in [2.05, 4.69) is 24.5 Å². The average molecular weight is 226 g/mol. The van der Waals surface area contributed by atoms with Gasteiger partial charge in [0.25, 0.3) is 0 Å². The fraction of sp³-hybridized carbons (Fsp3) is 1.00. The highest BCUT2D eigenvalue weighted by atomic mass is 16.5. The van der Waals surface area contributed by atoms with Crippen LogP contribution in [0.3, 0.4) is 0 Å². The molecule has 0 bridgehead atoms. The summed E-state index contributed by atoms with van der Waals surface area (Å²) >= 11 is 0. The zero-order valence-electron chi connectivity index (χ0n) is 10.8. The zero-order chi connectivity index (χ0) is 11.5. The molecule has 0 saturated carbocycles. The van der Waals surface area contributed by atoms with Gasteiger partial charge in [0.1, 0.15) is 0 Å². The van der Waals surface area contributed by atoms with Crippen LogP contribution >= 0.6 is 0 Å². The Morgan fingerprint density at radius 2 is 2.12 bits per heavy atom. The van der Waals surface area contributed by atoms with Gasteiger partial charge in [0, 0.05) is 25.2 Å². The van der Waals surface area contributed by atoms with Crippen LogP contribution in [-0.4, -0.2) is 37.4 Å². The first-order valence-corrected chi connectivity index (χ1v) is 6.78. The largest absolute Gasteiger partial charge is 0.374 e. The molecule has 2 heterocycles. The molecule has 0 spiro atoms. The van der Waals surface area contributed by atoms with Crippen molar-refractivity contribution in [3.8, 4) is 0 Å². The van der Waals surface area contributed by atoms with Crippen molar-refractivity contribution in [3.05, 3.63) is 0 Å². The molecule has 0 aliphatic carbocycles. The highest BCUT2D eigenvalue weighted by molar-refractivity contribution is 4.94. The van der Waals surface area contributed by atoms with Gasteiger partial charge in [-0.3, -0.25) is 0 Å². The molecule has 2 unspecified atom stereocenters. The van der Waals surface area contributed by atoms with Crippen molar-refractivity contribution in [3.63, 3.8) is 0 Å². The zero-order valence-corrected chi connectivity index (χ0v) is 10.8. The second kappa shape index (κ2) is 5.03. The van der Waals surface area contributed by atoms with Crippen molar-refractivity contribution in [1.29, 1.82) is 0 Å². The van der Waals surface area contributed by atoms with E-state index < -0.39 is 0 Å². The third kappa shape index (κ3) is 2.76. The summed E-state index contributed by atoms with van der Waals surface area (Å²) in [5, 5.41) is 7.27. The van der Waals surface area contributed by atoms with Crippen LogP contribution in [0.15, 0.2) is 0 Å². The third-order valence-corrected chi connectivity index (χ3v) is 4.27. The molecule has 0 aromatic carbocycles. The van der Waals surface area contributed by atoms with Gasteiger partial charge in [-0.25, -0.2) is 0 Å². The quantitative estimate of drug-likeness (QED) is 0.748. The molecule has 0 aromatic rings. The molecule has 2 atom stereocenters. The predicted molar refractivity (Wildman–Crippen MR) is 66.7 cm³/mol. The topological polar surface area (TPSA) is 33.3 Å². The summed E-state index contributed by atoms with van der Waals surface area (Å²) in [5.41, 5.74) is 0.447. The number of hydrogen-bond donors (Lipinski definition) is 2. The van der Waals surface area contributed by atoms with Crippen LogP contribution in [0.4, 0.5) is 0 Å². The highest BCUT2D eigenvalue weighted by Crippen LogP contribution is 2.25. The molecule has 0 radical (unpaired) electrons. The lowest BCUT2D eigenvalue weighted by molar-refractivity contribution is 0.0197. The monoisotopic (exact) mass is 226 g/mol. The Balaban J connectivity index is 1.74. The van der Waals surface area contributed by atoms with Crippen molar-refractivity contribution in [1.82, 2.24) is 10.6 Å². The highest BCUT2D eigenvalue weighted by Gasteiger charge is 2.33. The second-order valence-electron chi connectivity index (χ2n) is 5.67. The lowest BCUT2D eigenvalue weighted by atomic mass is 9.93. The maximum absolute atomic E-state index is 5.79. The minimum Gasteiger partial charge on any atom is -0.374 e. The van der Waals surface area contributed by atoms with Gasteiger partial charge in [0.2, 0.25) is 0 Å². The molecule has 2 aliphatic heterocycles. The van der Waals surface area contributed by atoms with Crippen molar-refractivity contribution in [2.45, 2.75) is 57.1 Å². The van der Waals surface area contributed by atoms with E-state index in [9.17, 15) is 0 Å². The van der Waals surface area contributed by atoms with Gasteiger partial charge >= 0.3 is 0 Å². The Bertz CT molecular complexity index is 218. The van der Waals surface area contributed by atoms with Crippen molar-refractivity contribution < 1.29 is 4.74 Å². The van der Waals surface area contributed by atoms with Crippen LogP contribution in [-0.2, 0) is 4.74 Å². The molecule has 2 saturated heterocycles. The summed E-state index contributed by atoms with van der Waals surface area (Å²) in [7, 11) is 0. The molecule has 2 aliphatic rings. The molecule has 94 valence electrons. The summed E-state index contributed by atoms with van der Waals surface area (Å²) < 4.78 is 5.79. The van der Waals surface area contributed by atoms with Gasteiger partial charge in [-0.2, -0.15) is 0 Å². The Kier molecular flexibility index (Phi) is 3.88. The Labute approximate surface area is 99.3 Å². The first-order valence-electron chi connectivity index (χ1n) is 6.78. The van der Waals surface area contributed by atoms with E-state index in [1.807, 2.05) is 0 Å². The van der Waals surface area contributed by atoms with Crippen LogP contribution in [0.5, 0.6) is 0 Å². The van der Waals surface area contributed by atoms with E-state index >= 15 is 0 Å². The van der Waals surface area contributed by atoms with E-state index in [1.165, 1.54) is 38.6 Å². The van der Waals surface area contributed by atoms with Crippen LogP contribution in [0.1, 0.15) is 46.0 Å². The second-order valence-corrected chi connectivity index (χ2v) is 5.67. The standard InChI is InChI=1S/C13H26N2O/c1-3-13(7-4-8-15-13)11-14-10-12(2)6-5-9-16-12/h14-15H,3-11H2,1-2H3. The van der Waals surface area contributed by atoms with Crippen LogP contribution in [0, 0.1) is 0 Å². The van der Waals surface area contributed by atoms with E-state index in [4.69, 9.17) is 4.74 Å². The average Bonchev–Trinajstić information content (AvgIpc) is 2.89. The van der Waals surface area contributed by atoms with Crippen LogP contribution in [0.25, 0.3) is 0 Å². The van der Waals surface area contributed by atoms with E-state index in [1.54, 1.807) is 0 Å². The first kappa shape index (κ1) is 12.3.